The first-order chi connectivity index (χ1) is 8.83. The lowest BCUT2D eigenvalue weighted by Crippen LogP contribution is -1.84. The Labute approximate surface area is 117 Å². The summed E-state index contributed by atoms with van der Waals surface area (Å²) >= 11 is 5.36. The van der Waals surface area contributed by atoms with Crippen molar-refractivity contribution in [2.75, 3.05) is 0 Å². The summed E-state index contributed by atoms with van der Waals surface area (Å²) < 4.78 is 1.19. The second-order valence-electron chi connectivity index (χ2n) is 4.36. The van der Waals surface area contributed by atoms with Crippen molar-refractivity contribution < 1.29 is 0 Å². The molecule has 2 nitrogen and oxygen atoms in total. The van der Waals surface area contributed by atoms with Crippen LogP contribution in [0.1, 0.15) is 10.4 Å². The molecule has 1 N–H and O–H groups in total. The highest BCUT2D eigenvalue weighted by Crippen LogP contribution is 2.45. The molecule has 0 atom stereocenters. The fraction of sp³-hybridized carbons (Fsp3) is 0.0714. The van der Waals surface area contributed by atoms with Gasteiger partial charge in [-0.25, -0.2) is 0 Å². The number of halogens is 1. The van der Waals surface area contributed by atoms with E-state index in [1.807, 2.05) is 17.4 Å². The van der Waals surface area contributed by atoms with Crippen molar-refractivity contribution in [1.29, 1.82) is 0 Å². The zero-order valence-electron chi connectivity index (χ0n) is 9.40. The molecule has 1 aliphatic rings. The number of thiophene rings is 1. The van der Waals surface area contributed by atoms with E-state index in [1.54, 1.807) is 0 Å². The number of aromatic nitrogens is 2. The van der Waals surface area contributed by atoms with Crippen LogP contribution in [0.15, 0.2) is 40.2 Å². The van der Waals surface area contributed by atoms with Gasteiger partial charge in [0.2, 0.25) is 0 Å². The fourth-order valence-corrected chi connectivity index (χ4v) is 4.21. The number of rotatable bonds is 1. The highest BCUT2D eigenvalue weighted by Gasteiger charge is 2.26. The maximum atomic E-state index is 4.48. The van der Waals surface area contributed by atoms with Crippen molar-refractivity contribution in [3.05, 3.63) is 50.6 Å². The normalized spacial score (nSPS) is 12.5. The van der Waals surface area contributed by atoms with Crippen LogP contribution in [0.25, 0.3) is 22.5 Å². The minimum absolute atomic E-state index is 0.988. The van der Waals surface area contributed by atoms with E-state index in [0.717, 1.165) is 12.1 Å². The van der Waals surface area contributed by atoms with E-state index in [4.69, 9.17) is 0 Å². The Morgan fingerprint density at radius 2 is 2.06 bits per heavy atom. The number of aromatic amines is 1. The average molecular weight is 317 g/mol. The van der Waals surface area contributed by atoms with E-state index in [-0.39, 0.29) is 0 Å². The van der Waals surface area contributed by atoms with Crippen LogP contribution in [0.2, 0.25) is 0 Å². The van der Waals surface area contributed by atoms with E-state index in [0.29, 0.717) is 0 Å². The molecule has 0 saturated carbocycles. The minimum Gasteiger partial charge on any atom is -0.277 e. The Bertz CT molecular complexity index is 728. The summed E-state index contributed by atoms with van der Waals surface area (Å²) in [6.45, 7) is 0. The molecule has 4 heteroatoms. The van der Waals surface area contributed by atoms with Gasteiger partial charge in [-0.2, -0.15) is 5.10 Å². The Morgan fingerprint density at radius 1 is 1.22 bits per heavy atom. The summed E-state index contributed by atoms with van der Waals surface area (Å²) in [5.41, 5.74) is 6.09. The Kier molecular flexibility index (Phi) is 2.22. The molecule has 0 amide bonds. The average Bonchev–Trinajstić information content (AvgIpc) is 3.01. The zero-order chi connectivity index (χ0) is 12.1. The van der Waals surface area contributed by atoms with Crippen LogP contribution in [0.4, 0.5) is 0 Å². The van der Waals surface area contributed by atoms with Gasteiger partial charge in [0.1, 0.15) is 0 Å². The molecule has 0 aliphatic heterocycles. The lowest BCUT2D eigenvalue weighted by molar-refractivity contribution is 1.10. The molecule has 2 aromatic heterocycles. The Hall–Kier alpha value is -1.39. The van der Waals surface area contributed by atoms with Gasteiger partial charge in [-0.1, -0.05) is 30.3 Å². The molecule has 0 bridgehead atoms. The van der Waals surface area contributed by atoms with Gasteiger partial charge in [0.25, 0.3) is 0 Å². The third-order valence-electron chi connectivity index (χ3n) is 3.30. The highest BCUT2D eigenvalue weighted by molar-refractivity contribution is 9.11. The van der Waals surface area contributed by atoms with E-state index in [2.05, 4.69) is 56.5 Å². The molecular formula is C14H9BrN2S. The van der Waals surface area contributed by atoms with Crippen LogP contribution in [0, 0.1) is 0 Å². The maximum absolute atomic E-state index is 4.48. The number of hydrogen-bond acceptors (Lipinski definition) is 2. The summed E-state index contributed by atoms with van der Waals surface area (Å²) in [6.07, 6.45) is 0.988. The van der Waals surface area contributed by atoms with Crippen LogP contribution >= 0.6 is 27.3 Å². The molecule has 2 heterocycles. The fourth-order valence-electron chi connectivity index (χ4n) is 2.49. The van der Waals surface area contributed by atoms with Gasteiger partial charge in [-0.15, -0.1) is 11.3 Å². The summed E-state index contributed by atoms with van der Waals surface area (Å²) in [5.74, 6) is 0. The quantitative estimate of drug-likeness (QED) is 0.551. The number of benzene rings is 1. The van der Waals surface area contributed by atoms with Crippen LogP contribution in [-0.4, -0.2) is 10.2 Å². The van der Waals surface area contributed by atoms with E-state index < -0.39 is 0 Å². The van der Waals surface area contributed by atoms with Gasteiger partial charge in [0, 0.05) is 28.0 Å². The van der Waals surface area contributed by atoms with Gasteiger partial charge >= 0.3 is 0 Å². The van der Waals surface area contributed by atoms with Crippen LogP contribution in [0.5, 0.6) is 0 Å². The van der Waals surface area contributed by atoms with Gasteiger partial charge in [-0.3, -0.25) is 5.10 Å². The molecule has 0 spiro atoms. The standard InChI is InChI=1S/C14H9BrN2S/c15-12-7-9-11(18-12)6-10-13(16-17-14(9)10)8-4-2-1-3-5-8/h1-5,7H,6H2,(H,16,17). The lowest BCUT2D eigenvalue weighted by atomic mass is 10.1. The molecule has 3 aromatic rings. The largest absolute Gasteiger partial charge is 0.277 e. The molecule has 0 fully saturated rings. The van der Waals surface area contributed by atoms with Gasteiger partial charge < -0.3 is 0 Å². The summed E-state index contributed by atoms with van der Waals surface area (Å²) in [4.78, 5) is 1.42. The van der Waals surface area contributed by atoms with E-state index in [9.17, 15) is 0 Å². The topological polar surface area (TPSA) is 28.7 Å². The van der Waals surface area contributed by atoms with Crippen LogP contribution < -0.4 is 0 Å². The molecular weight excluding hydrogens is 308 g/mol. The SMILES string of the molecule is Brc1cc2c(s1)Cc1c(-c3ccccc3)n[nH]c1-2. The van der Waals surface area contributed by atoms with Crippen LogP contribution in [0.3, 0.4) is 0 Å². The number of fused-ring (bicyclic) bond motifs is 3. The van der Waals surface area contributed by atoms with Gasteiger partial charge in [-0.05, 0) is 22.0 Å². The summed E-state index contributed by atoms with van der Waals surface area (Å²) in [6, 6.07) is 12.5. The van der Waals surface area contributed by atoms with Crippen molar-refractivity contribution in [3.8, 4) is 22.5 Å². The van der Waals surface area contributed by atoms with E-state index >= 15 is 0 Å². The second kappa shape index (κ2) is 3.80. The maximum Gasteiger partial charge on any atom is 0.0962 e. The first-order valence-electron chi connectivity index (χ1n) is 5.74. The minimum atomic E-state index is 0.988. The first kappa shape index (κ1) is 10.5. The van der Waals surface area contributed by atoms with Gasteiger partial charge in [0.15, 0.2) is 0 Å². The van der Waals surface area contributed by atoms with Crippen molar-refractivity contribution in [1.82, 2.24) is 10.2 Å². The van der Waals surface area contributed by atoms with Crippen molar-refractivity contribution in [2.45, 2.75) is 6.42 Å². The predicted molar refractivity (Wildman–Crippen MR) is 77.8 cm³/mol. The molecule has 18 heavy (non-hydrogen) atoms. The van der Waals surface area contributed by atoms with Crippen LogP contribution in [-0.2, 0) is 6.42 Å². The second-order valence-corrected chi connectivity index (χ2v) is 6.87. The lowest BCUT2D eigenvalue weighted by Gasteiger charge is -1.98. The summed E-state index contributed by atoms with van der Waals surface area (Å²) in [7, 11) is 0. The molecule has 1 aliphatic carbocycles. The van der Waals surface area contributed by atoms with Gasteiger partial charge in [0.05, 0.1) is 15.2 Å². The van der Waals surface area contributed by atoms with Crippen molar-refractivity contribution >= 4 is 27.3 Å². The number of hydrogen-bond donors (Lipinski definition) is 1. The highest BCUT2D eigenvalue weighted by atomic mass is 79.9. The summed E-state index contributed by atoms with van der Waals surface area (Å²) in [5, 5.41) is 7.67. The number of H-pyrrole nitrogens is 1. The third-order valence-corrected chi connectivity index (χ3v) is 4.94. The predicted octanol–water partition coefficient (Wildman–Crippen LogP) is 4.47. The monoisotopic (exact) mass is 316 g/mol. The Morgan fingerprint density at radius 3 is 2.89 bits per heavy atom. The van der Waals surface area contributed by atoms with Crippen molar-refractivity contribution in [3.63, 3.8) is 0 Å². The Balaban J connectivity index is 1.89. The van der Waals surface area contributed by atoms with E-state index in [1.165, 1.54) is 31.0 Å². The smallest absolute Gasteiger partial charge is 0.0962 e. The molecule has 4 rings (SSSR count). The number of nitrogens with one attached hydrogen (secondary N) is 1. The molecule has 88 valence electrons. The molecule has 0 saturated heterocycles. The molecule has 0 unspecified atom stereocenters. The zero-order valence-corrected chi connectivity index (χ0v) is 11.8. The molecule has 1 aromatic carbocycles. The van der Waals surface area contributed by atoms with Crippen molar-refractivity contribution in [2.24, 2.45) is 0 Å². The number of nitrogens with zero attached hydrogens (tertiary/aromatic N) is 1. The molecule has 0 radical (unpaired) electrons. The first-order valence-corrected chi connectivity index (χ1v) is 7.35. The third kappa shape index (κ3) is 1.42.